The molecule has 1 saturated heterocycles. The molecule has 202 valence electrons. The molecule has 6 rings (SSSR count). The molecule has 3 aromatic heterocycles. The fraction of sp³-hybridized carbons (Fsp3) is 0.222. The summed E-state index contributed by atoms with van der Waals surface area (Å²) in [4.78, 5) is 50.5. The third-order valence-electron chi connectivity index (χ3n) is 6.97. The number of tetrazole rings is 1. The molecule has 3 N–H and O–H groups in total. The minimum atomic E-state index is -0.649. The van der Waals surface area contributed by atoms with Crippen molar-refractivity contribution in [1.82, 2.24) is 35.1 Å². The molecule has 1 fully saturated rings. The number of carbonyl (C=O) groups is 3. The van der Waals surface area contributed by atoms with Gasteiger partial charge in [0.2, 0.25) is 11.7 Å². The molecular weight excluding hydrogens is 514 g/mol. The van der Waals surface area contributed by atoms with Crippen molar-refractivity contribution < 1.29 is 19.1 Å². The van der Waals surface area contributed by atoms with Gasteiger partial charge >= 0.3 is 0 Å². The lowest BCUT2D eigenvalue weighted by Gasteiger charge is -2.35. The lowest BCUT2D eigenvalue weighted by molar-refractivity contribution is -0.126. The number of primary amides is 1. The molecule has 0 spiro atoms. The number of ketones is 1. The Kier molecular flexibility index (Phi) is 6.30. The normalized spacial score (nSPS) is 13.6. The molecule has 2 amide bonds. The number of benzene rings is 2. The number of nitrogens with zero attached hydrogens (tertiary/aromatic N) is 7. The molecule has 0 aliphatic carbocycles. The molecule has 2 aromatic carbocycles. The first-order valence-corrected chi connectivity index (χ1v) is 12.6. The Balaban J connectivity index is 1.24. The van der Waals surface area contributed by atoms with Crippen molar-refractivity contribution in [1.29, 1.82) is 0 Å². The minimum Gasteiger partial charge on any atom is -0.496 e. The Morgan fingerprint density at radius 3 is 2.62 bits per heavy atom. The number of carbonyl (C=O) groups excluding carboxylic acids is 3. The molecule has 4 heterocycles. The number of H-pyrrole nitrogens is 1. The molecule has 5 aromatic rings. The van der Waals surface area contributed by atoms with Gasteiger partial charge in [0.15, 0.2) is 0 Å². The van der Waals surface area contributed by atoms with E-state index < -0.39 is 17.6 Å². The number of piperazine rings is 1. The summed E-state index contributed by atoms with van der Waals surface area (Å²) in [5.74, 6) is -0.351. The van der Waals surface area contributed by atoms with Gasteiger partial charge in [-0.3, -0.25) is 14.4 Å². The molecule has 1 aliphatic rings. The number of amides is 2. The molecule has 13 nitrogen and oxygen atoms in total. The monoisotopic (exact) mass is 539 g/mol. The number of pyridine rings is 1. The summed E-state index contributed by atoms with van der Waals surface area (Å²) < 4.78 is 5.52. The van der Waals surface area contributed by atoms with E-state index in [1.54, 1.807) is 23.2 Å². The largest absolute Gasteiger partial charge is 0.496 e. The van der Waals surface area contributed by atoms with Crippen LogP contribution in [0.3, 0.4) is 0 Å². The Hall–Kier alpha value is -5.33. The molecule has 1 aliphatic heterocycles. The molecular formula is C27H25N9O4. The molecule has 0 bridgehead atoms. The number of ether oxygens (including phenoxy) is 1. The lowest BCUT2D eigenvalue weighted by atomic mass is 10.0. The number of hydrogen-bond donors (Lipinski definition) is 2. The maximum atomic E-state index is 13.5. The summed E-state index contributed by atoms with van der Waals surface area (Å²) in [6.45, 7) is 1.64. The second-order valence-corrected chi connectivity index (χ2v) is 9.34. The quantitative estimate of drug-likeness (QED) is 0.230. The number of aromatic nitrogens is 6. The van der Waals surface area contributed by atoms with Crippen molar-refractivity contribution in [3.8, 4) is 17.1 Å². The second kappa shape index (κ2) is 10.1. The fourth-order valence-corrected chi connectivity index (χ4v) is 5.05. The van der Waals surface area contributed by atoms with Crippen LogP contribution in [0.2, 0.25) is 0 Å². The molecule has 0 saturated carbocycles. The van der Waals surface area contributed by atoms with Gasteiger partial charge in [-0.05, 0) is 28.8 Å². The van der Waals surface area contributed by atoms with Crippen molar-refractivity contribution in [2.75, 3.05) is 38.2 Å². The van der Waals surface area contributed by atoms with E-state index >= 15 is 0 Å². The van der Waals surface area contributed by atoms with Crippen molar-refractivity contribution in [3.63, 3.8) is 0 Å². The number of Topliss-reactive ketones (excluding diaryl/α,β-unsaturated/α-hetero) is 1. The van der Waals surface area contributed by atoms with Crippen LogP contribution >= 0.6 is 0 Å². The summed E-state index contributed by atoms with van der Waals surface area (Å²) in [6, 6.07) is 13.4. The van der Waals surface area contributed by atoms with Crippen LogP contribution in [0.1, 0.15) is 10.4 Å². The van der Waals surface area contributed by atoms with Gasteiger partial charge in [-0.1, -0.05) is 24.3 Å². The van der Waals surface area contributed by atoms with E-state index in [9.17, 15) is 14.4 Å². The van der Waals surface area contributed by atoms with Gasteiger partial charge < -0.3 is 25.3 Å². The van der Waals surface area contributed by atoms with E-state index in [4.69, 9.17) is 10.5 Å². The van der Waals surface area contributed by atoms with Gasteiger partial charge in [-0.2, -0.15) is 4.80 Å². The number of fused-ring (bicyclic) bond motifs is 2. The van der Waals surface area contributed by atoms with Crippen LogP contribution in [0.4, 0.5) is 5.82 Å². The van der Waals surface area contributed by atoms with E-state index in [0.717, 1.165) is 21.4 Å². The number of anilines is 1. The Bertz CT molecular complexity index is 1760. The SMILES string of the molecule is COc1ccc(-c2nnn(CC(N)=O)n2)c2[nH]cc(C(=O)C(=O)N3CCN(c4nccc5ccccc45)CC3)c12. The summed E-state index contributed by atoms with van der Waals surface area (Å²) >= 11 is 0. The summed E-state index contributed by atoms with van der Waals surface area (Å²) in [7, 11) is 1.49. The number of rotatable bonds is 7. The van der Waals surface area contributed by atoms with Crippen LogP contribution in [-0.2, 0) is 16.1 Å². The van der Waals surface area contributed by atoms with Gasteiger partial charge in [-0.25, -0.2) is 4.98 Å². The van der Waals surface area contributed by atoms with Gasteiger partial charge in [0, 0.05) is 49.5 Å². The topological polar surface area (TPSA) is 165 Å². The molecule has 13 heteroatoms. The summed E-state index contributed by atoms with van der Waals surface area (Å²) in [6.07, 6.45) is 3.27. The highest BCUT2D eigenvalue weighted by molar-refractivity contribution is 6.45. The standard InChI is InChI=1S/C27H25N9O4/c1-40-20-7-6-18(25-31-33-36(32-25)15-21(28)37)23-22(20)19(14-30-23)24(38)27(39)35-12-10-34(11-13-35)26-17-5-3-2-4-16(17)8-9-29-26/h2-9,14,30H,10-13,15H2,1H3,(H2,28,37). The number of aromatic amines is 1. The van der Waals surface area contributed by atoms with Crippen molar-refractivity contribution in [3.05, 3.63) is 60.4 Å². The number of nitrogens with two attached hydrogens (primary N) is 1. The molecule has 0 unspecified atom stereocenters. The highest BCUT2D eigenvalue weighted by Crippen LogP contribution is 2.35. The minimum absolute atomic E-state index is 0.182. The predicted octanol–water partition coefficient (Wildman–Crippen LogP) is 1.39. The van der Waals surface area contributed by atoms with Crippen LogP contribution < -0.4 is 15.4 Å². The summed E-state index contributed by atoms with van der Waals surface area (Å²) in [5, 5.41) is 14.6. The first kappa shape index (κ1) is 25.0. The average molecular weight is 540 g/mol. The van der Waals surface area contributed by atoms with Crippen molar-refractivity contribution in [2.24, 2.45) is 5.73 Å². The first-order valence-electron chi connectivity index (χ1n) is 12.6. The third kappa shape index (κ3) is 4.36. The lowest BCUT2D eigenvalue weighted by Crippen LogP contribution is -2.50. The fourth-order valence-electron chi connectivity index (χ4n) is 5.05. The Labute approximate surface area is 227 Å². The van der Waals surface area contributed by atoms with Crippen LogP contribution in [0.25, 0.3) is 33.1 Å². The zero-order chi connectivity index (χ0) is 27.8. The van der Waals surface area contributed by atoms with E-state index in [0.29, 0.717) is 48.4 Å². The third-order valence-corrected chi connectivity index (χ3v) is 6.97. The predicted molar refractivity (Wildman–Crippen MR) is 146 cm³/mol. The van der Waals surface area contributed by atoms with E-state index in [1.165, 1.54) is 13.3 Å². The van der Waals surface area contributed by atoms with Gasteiger partial charge in [0.1, 0.15) is 18.1 Å². The summed E-state index contributed by atoms with van der Waals surface area (Å²) in [5.41, 5.74) is 6.42. The van der Waals surface area contributed by atoms with Crippen LogP contribution in [0, 0.1) is 0 Å². The maximum Gasteiger partial charge on any atom is 0.295 e. The Morgan fingerprint density at radius 1 is 1.05 bits per heavy atom. The van der Waals surface area contributed by atoms with E-state index in [1.807, 2.05) is 30.3 Å². The molecule has 40 heavy (non-hydrogen) atoms. The van der Waals surface area contributed by atoms with E-state index in [-0.39, 0.29) is 17.9 Å². The number of methoxy groups -OCH3 is 1. The maximum absolute atomic E-state index is 13.5. The smallest absolute Gasteiger partial charge is 0.295 e. The van der Waals surface area contributed by atoms with Gasteiger partial charge in [0.05, 0.1) is 23.6 Å². The Morgan fingerprint density at radius 2 is 1.85 bits per heavy atom. The van der Waals surface area contributed by atoms with Gasteiger partial charge in [-0.15, -0.1) is 10.2 Å². The van der Waals surface area contributed by atoms with E-state index in [2.05, 4.69) is 30.3 Å². The highest BCUT2D eigenvalue weighted by atomic mass is 16.5. The zero-order valence-electron chi connectivity index (χ0n) is 21.6. The second-order valence-electron chi connectivity index (χ2n) is 9.34. The van der Waals surface area contributed by atoms with Crippen LogP contribution in [-0.4, -0.2) is 86.0 Å². The molecule has 0 atom stereocenters. The zero-order valence-corrected chi connectivity index (χ0v) is 21.6. The average Bonchev–Trinajstić information content (AvgIpc) is 3.63. The van der Waals surface area contributed by atoms with Crippen molar-refractivity contribution >= 4 is 45.1 Å². The van der Waals surface area contributed by atoms with Crippen LogP contribution in [0.5, 0.6) is 5.75 Å². The number of nitrogens with one attached hydrogen (secondary N) is 1. The van der Waals surface area contributed by atoms with Gasteiger partial charge in [0.25, 0.3) is 11.7 Å². The highest BCUT2D eigenvalue weighted by Gasteiger charge is 2.30. The van der Waals surface area contributed by atoms with Crippen LogP contribution in [0.15, 0.2) is 54.9 Å². The molecule has 0 radical (unpaired) electrons. The number of hydrogen-bond acceptors (Lipinski definition) is 9. The van der Waals surface area contributed by atoms with Crippen molar-refractivity contribution in [2.45, 2.75) is 6.54 Å². The first-order chi connectivity index (χ1) is 19.4.